The Morgan fingerprint density at radius 3 is 2.38 bits per heavy atom. The Labute approximate surface area is 229 Å². The van der Waals surface area contributed by atoms with Crippen molar-refractivity contribution in [1.82, 2.24) is 25.3 Å². The average molecular weight is 552 g/mol. The maximum absolute atomic E-state index is 13.6. The molecule has 0 saturated carbocycles. The Balaban J connectivity index is 1.75. The number of carbonyl (C=O) groups excluding carboxylic acids is 2. The summed E-state index contributed by atoms with van der Waals surface area (Å²) in [4.78, 5) is 29.4. The monoisotopic (exact) mass is 551 g/mol. The third-order valence-electron chi connectivity index (χ3n) is 6.60. The molecule has 0 spiro atoms. The van der Waals surface area contributed by atoms with Crippen LogP contribution in [0, 0.1) is 11.3 Å². The number of halogens is 3. The van der Waals surface area contributed by atoms with Crippen LogP contribution in [-0.2, 0) is 15.8 Å². The number of nitrogens with zero attached hydrogens (tertiary/aromatic N) is 4. The van der Waals surface area contributed by atoms with Gasteiger partial charge in [0.25, 0.3) is 11.8 Å². The zero-order valence-corrected chi connectivity index (χ0v) is 21.9. The molecule has 1 aliphatic rings. The number of likely N-dealkylation sites (tertiary alicyclic amines) is 1. The van der Waals surface area contributed by atoms with E-state index in [9.17, 15) is 22.8 Å². The molecule has 1 aromatic heterocycles. The van der Waals surface area contributed by atoms with Gasteiger partial charge in [-0.1, -0.05) is 6.07 Å². The molecule has 4 rings (SSSR count). The first-order valence-corrected chi connectivity index (χ1v) is 12.6. The Hall–Kier alpha value is -4.63. The van der Waals surface area contributed by atoms with Crippen LogP contribution in [0.1, 0.15) is 29.7 Å². The van der Waals surface area contributed by atoms with Crippen molar-refractivity contribution in [3.63, 3.8) is 0 Å². The zero-order chi connectivity index (χ0) is 28.9. The number of hydrogen-bond donors (Lipinski definition) is 3. The Bertz CT molecular complexity index is 1450. The molecule has 0 bridgehead atoms. The second-order valence-electron chi connectivity index (χ2n) is 9.37. The van der Waals surface area contributed by atoms with Gasteiger partial charge >= 0.3 is 6.18 Å². The number of hydrogen-bond acceptors (Lipinski definition) is 6. The summed E-state index contributed by atoms with van der Waals surface area (Å²) in [5.41, 5.74) is 0.145. The van der Waals surface area contributed by atoms with Gasteiger partial charge in [-0.15, -0.1) is 0 Å². The molecule has 9 nitrogen and oxygen atoms in total. The molecular weight excluding hydrogens is 523 g/mol. The van der Waals surface area contributed by atoms with Crippen molar-refractivity contribution in [2.45, 2.75) is 25.1 Å². The predicted octanol–water partition coefficient (Wildman–Crippen LogP) is 3.54. The summed E-state index contributed by atoms with van der Waals surface area (Å²) in [7, 11) is 3.52. The van der Waals surface area contributed by atoms with Crippen LogP contribution >= 0.6 is 0 Å². The molecule has 3 N–H and O–H groups in total. The van der Waals surface area contributed by atoms with Crippen LogP contribution in [-0.4, -0.2) is 59.7 Å². The topological polar surface area (TPSA) is 115 Å². The number of aromatic nitrogens is 2. The van der Waals surface area contributed by atoms with E-state index in [2.05, 4.69) is 25.9 Å². The molecule has 208 valence electrons. The Morgan fingerprint density at radius 1 is 1.05 bits per heavy atom. The third kappa shape index (κ3) is 6.50. The highest BCUT2D eigenvalue weighted by atomic mass is 19.4. The van der Waals surface area contributed by atoms with Crippen LogP contribution < -0.4 is 16.0 Å². The quantitative estimate of drug-likeness (QED) is 0.235. The highest BCUT2D eigenvalue weighted by Gasteiger charge is 2.32. The standard InChI is InChI=1S/C28H28F3N7O2/c1-33-25(23-10-13-34-38(23)22-8-6-18(17-32)7-9-22)24(26(39)35-20-11-14-37(2)15-12-20)27(40)36-21-5-3-4-19(16-21)28(29,30)31/h3-10,13,16,20,33H,11-12,14-15H2,1-2H3,(H,35,39)(H,36,40)/b25-24-. The average Bonchev–Trinajstić information content (AvgIpc) is 3.42. The largest absolute Gasteiger partial charge is 0.416 e. The van der Waals surface area contributed by atoms with Crippen molar-refractivity contribution in [2.75, 3.05) is 32.5 Å². The first-order chi connectivity index (χ1) is 19.1. The fourth-order valence-corrected chi connectivity index (χ4v) is 4.46. The van der Waals surface area contributed by atoms with Gasteiger partial charge in [0.05, 0.1) is 40.5 Å². The van der Waals surface area contributed by atoms with E-state index in [1.54, 1.807) is 30.3 Å². The maximum Gasteiger partial charge on any atom is 0.416 e. The summed E-state index contributed by atoms with van der Waals surface area (Å²) in [6, 6.07) is 14.2. The van der Waals surface area contributed by atoms with E-state index >= 15 is 0 Å². The first kappa shape index (κ1) is 28.4. The van der Waals surface area contributed by atoms with Crippen LogP contribution in [0.4, 0.5) is 18.9 Å². The van der Waals surface area contributed by atoms with Gasteiger partial charge in [-0.25, -0.2) is 4.68 Å². The van der Waals surface area contributed by atoms with Crippen molar-refractivity contribution in [1.29, 1.82) is 5.26 Å². The molecule has 3 aromatic rings. The molecule has 1 saturated heterocycles. The van der Waals surface area contributed by atoms with Crippen LogP contribution in [0.3, 0.4) is 0 Å². The Morgan fingerprint density at radius 2 is 1.75 bits per heavy atom. The van der Waals surface area contributed by atoms with E-state index in [1.807, 2.05) is 13.1 Å². The summed E-state index contributed by atoms with van der Waals surface area (Å²) in [5.74, 6) is -1.56. The summed E-state index contributed by atoms with van der Waals surface area (Å²) in [5, 5.41) is 21.8. The summed E-state index contributed by atoms with van der Waals surface area (Å²) in [6.07, 6.45) is -1.75. The number of nitriles is 1. The van der Waals surface area contributed by atoms with E-state index in [0.29, 0.717) is 29.8 Å². The number of benzene rings is 2. The van der Waals surface area contributed by atoms with Gasteiger partial charge in [-0.05, 0) is 81.5 Å². The minimum Gasteiger partial charge on any atom is -0.386 e. The van der Waals surface area contributed by atoms with Crippen molar-refractivity contribution >= 4 is 23.2 Å². The van der Waals surface area contributed by atoms with Gasteiger partial charge < -0.3 is 20.9 Å². The SMILES string of the molecule is CN/C(=C(\C(=O)Nc1cccc(C(F)(F)F)c1)C(=O)NC1CCN(C)CC1)c1ccnn1-c1ccc(C#N)cc1. The molecule has 1 fully saturated rings. The third-order valence-corrected chi connectivity index (χ3v) is 6.60. The maximum atomic E-state index is 13.6. The van der Waals surface area contributed by atoms with E-state index in [0.717, 1.165) is 25.2 Å². The second-order valence-corrected chi connectivity index (χ2v) is 9.37. The van der Waals surface area contributed by atoms with Gasteiger partial charge in [0, 0.05) is 18.8 Å². The van der Waals surface area contributed by atoms with Gasteiger partial charge in [0.15, 0.2) is 0 Å². The summed E-state index contributed by atoms with van der Waals surface area (Å²) >= 11 is 0. The van der Waals surface area contributed by atoms with E-state index in [4.69, 9.17) is 5.26 Å². The predicted molar refractivity (Wildman–Crippen MR) is 143 cm³/mol. The smallest absolute Gasteiger partial charge is 0.386 e. The number of anilines is 1. The fourth-order valence-electron chi connectivity index (χ4n) is 4.46. The lowest BCUT2D eigenvalue weighted by Gasteiger charge is -2.30. The molecule has 2 heterocycles. The van der Waals surface area contributed by atoms with Gasteiger partial charge in [-0.2, -0.15) is 23.5 Å². The van der Waals surface area contributed by atoms with Crippen LogP contribution in [0.15, 0.2) is 66.4 Å². The number of carbonyl (C=O) groups is 2. The lowest BCUT2D eigenvalue weighted by atomic mass is 10.0. The van der Waals surface area contributed by atoms with E-state index in [-0.39, 0.29) is 23.0 Å². The minimum absolute atomic E-state index is 0.111. The molecule has 2 amide bonds. The van der Waals surface area contributed by atoms with Crippen LogP contribution in [0.2, 0.25) is 0 Å². The van der Waals surface area contributed by atoms with Crippen molar-refractivity contribution < 1.29 is 22.8 Å². The minimum atomic E-state index is -4.60. The lowest BCUT2D eigenvalue weighted by molar-refractivity contribution is -0.137. The fraction of sp³-hybridized carbons (Fsp3) is 0.286. The van der Waals surface area contributed by atoms with Gasteiger partial charge in [0.2, 0.25) is 0 Å². The molecule has 12 heteroatoms. The van der Waals surface area contributed by atoms with E-state index in [1.165, 1.54) is 30.1 Å². The number of piperidine rings is 1. The highest BCUT2D eigenvalue weighted by molar-refractivity contribution is 6.27. The zero-order valence-electron chi connectivity index (χ0n) is 21.9. The second kappa shape index (κ2) is 12.0. The van der Waals surface area contributed by atoms with Gasteiger partial charge in [0.1, 0.15) is 5.57 Å². The van der Waals surface area contributed by atoms with Gasteiger partial charge in [-0.3, -0.25) is 9.59 Å². The highest BCUT2D eigenvalue weighted by Crippen LogP contribution is 2.31. The molecule has 0 atom stereocenters. The van der Waals surface area contributed by atoms with Crippen molar-refractivity contribution in [2.24, 2.45) is 0 Å². The number of amides is 2. The van der Waals surface area contributed by atoms with Crippen molar-refractivity contribution in [3.05, 3.63) is 83.2 Å². The molecule has 0 aliphatic carbocycles. The lowest BCUT2D eigenvalue weighted by Crippen LogP contribution is -2.45. The van der Waals surface area contributed by atoms with Crippen LogP contribution in [0.25, 0.3) is 11.4 Å². The molecule has 40 heavy (non-hydrogen) atoms. The molecule has 0 radical (unpaired) electrons. The van der Waals surface area contributed by atoms with Crippen molar-refractivity contribution in [3.8, 4) is 11.8 Å². The molecular formula is C28H28F3N7O2. The first-order valence-electron chi connectivity index (χ1n) is 12.6. The summed E-state index contributed by atoms with van der Waals surface area (Å²) < 4.78 is 41.3. The molecule has 1 aliphatic heterocycles. The normalized spacial score (nSPS) is 15.1. The summed E-state index contributed by atoms with van der Waals surface area (Å²) in [6.45, 7) is 1.54. The number of nitrogens with one attached hydrogen (secondary N) is 3. The van der Waals surface area contributed by atoms with Crippen LogP contribution in [0.5, 0.6) is 0 Å². The van der Waals surface area contributed by atoms with E-state index < -0.39 is 23.6 Å². The number of rotatable bonds is 7. The number of alkyl halides is 3. The Kier molecular flexibility index (Phi) is 8.55. The molecule has 0 unspecified atom stereocenters. The molecule has 2 aromatic carbocycles.